The maximum Gasteiger partial charge on any atom is 0.412 e. The minimum Gasteiger partial charge on any atom is -0.494 e. The van der Waals surface area contributed by atoms with Crippen molar-refractivity contribution in [2.24, 2.45) is 0 Å². The van der Waals surface area contributed by atoms with Crippen LogP contribution >= 0.6 is 0 Å². The van der Waals surface area contributed by atoms with Crippen LogP contribution in [0.15, 0.2) is 48.5 Å². The number of carbonyl (C=O) groups is 1. The summed E-state index contributed by atoms with van der Waals surface area (Å²) in [5.41, 5.74) is -0.0587. The highest BCUT2D eigenvalue weighted by Crippen LogP contribution is 2.33. The van der Waals surface area contributed by atoms with E-state index in [0.717, 1.165) is 12.1 Å². The number of rotatable bonds is 4. The summed E-state index contributed by atoms with van der Waals surface area (Å²) in [7, 11) is 1.25. The number of amides is 2. The first kappa shape index (κ1) is 17.6. The van der Waals surface area contributed by atoms with E-state index in [9.17, 15) is 22.4 Å². The number of ether oxygens (including phenoxy) is 1. The zero-order valence-corrected chi connectivity index (χ0v) is 12.5. The van der Waals surface area contributed by atoms with Gasteiger partial charge in [-0.3, -0.25) is 0 Å². The third-order valence-electron chi connectivity index (χ3n) is 3.15. The van der Waals surface area contributed by atoms with Crippen LogP contribution in [-0.4, -0.2) is 19.3 Å². The fourth-order valence-electron chi connectivity index (χ4n) is 2.06. The van der Waals surface area contributed by atoms with Crippen LogP contribution in [0.5, 0.6) is 5.75 Å². The smallest absolute Gasteiger partial charge is 0.412 e. The van der Waals surface area contributed by atoms with Gasteiger partial charge in [0.05, 0.1) is 12.8 Å². The van der Waals surface area contributed by atoms with E-state index in [1.807, 2.05) is 5.32 Å². The molecule has 24 heavy (non-hydrogen) atoms. The van der Waals surface area contributed by atoms with Crippen molar-refractivity contribution in [1.29, 1.82) is 0 Å². The summed E-state index contributed by atoms with van der Waals surface area (Å²) in [5, 5.41) is 4.08. The molecule has 2 amide bonds. The maximum absolute atomic E-state index is 13.2. The summed E-state index contributed by atoms with van der Waals surface area (Å²) in [6.07, 6.45) is -4.68. The Balaban J connectivity index is 2.17. The number of methoxy groups -OCH3 is 1. The van der Waals surface area contributed by atoms with Crippen LogP contribution in [0.4, 0.5) is 28.0 Å². The molecule has 2 aromatic rings. The lowest BCUT2D eigenvalue weighted by Crippen LogP contribution is -2.40. The van der Waals surface area contributed by atoms with E-state index in [4.69, 9.17) is 4.74 Å². The van der Waals surface area contributed by atoms with Crippen molar-refractivity contribution in [3.8, 4) is 5.75 Å². The van der Waals surface area contributed by atoms with Gasteiger partial charge in [-0.05, 0) is 17.7 Å². The number of benzene rings is 2. The Morgan fingerprint density at radius 3 is 2.38 bits per heavy atom. The molecule has 0 spiro atoms. The molecule has 0 heterocycles. The molecule has 0 aliphatic heterocycles. The fraction of sp³-hybridized carbons (Fsp3) is 0.188. The summed E-state index contributed by atoms with van der Waals surface area (Å²) in [6.45, 7) is 0. The first-order valence-electron chi connectivity index (χ1n) is 6.84. The molecular formula is C16H14F4N2O2. The molecule has 1 unspecified atom stereocenters. The molecule has 2 aromatic carbocycles. The van der Waals surface area contributed by atoms with Crippen molar-refractivity contribution in [3.05, 3.63) is 59.9 Å². The molecular weight excluding hydrogens is 328 g/mol. The van der Waals surface area contributed by atoms with E-state index < -0.39 is 24.1 Å². The van der Waals surface area contributed by atoms with Gasteiger partial charge >= 0.3 is 12.2 Å². The maximum atomic E-state index is 13.2. The van der Waals surface area contributed by atoms with Gasteiger partial charge in [0.1, 0.15) is 11.6 Å². The second kappa shape index (κ2) is 7.20. The van der Waals surface area contributed by atoms with Gasteiger partial charge in [-0.1, -0.05) is 30.3 Å². The van der Waals surface area contributed by atoms with Crippen molar-refractivity contribution >= 4 is 11.7 Å². The number of anilines is 1. The van der Waals surface area contributed by atoms with Gasteiger partial charge < -0.3 is 15.4 Å². The molecule has 0 bridgehead atoms. The lowest BCUT2D eigenvalue weighted by atomic mass is 10.1. The standard InChI is InChI=1S/C16H14F4N2O2/c1-24-13-9-11(17)7-8-12(13)21-15(23)22-14(16(18,19)20)10-5-3-2-4-6-10/h2-9,14H,1H3,(H2,21,22,23). The normalized spacial score (nSPS) is 12.4. The van der Waals surface area contributed by atoms with Gasteiger partial charge in [-0.25, -0.2) is 9.18 Å². The number of urea groups is 1. The summed E-state index contributed by atoms with van der Waals surface area (Å²) in [6, 6.07) is 6.96. The zero-order valence-electron chi connectivity index (χ0n) is 12.5. The monoisotopic (exact) mass is 342 g/mol. The van der Waals surface area contributed by atoms with Gasteiger partial charge in [0.15, 0.2) is 6.04 Å². The molecule has 8 heteroatoms. The molecule has 0 aliphatic rings. The first-order chi connectivity index (χ1) is 11.3. The van der Waals surface area contributed by atoms with Crippen molar-refractivity contribution in [2.75, 3.05) is 12.4 Å². The number of carbonyl (C=O) groups excluding carboxylic acids is 1. The Hall–Kier alpha value is -2.77. The molecule has 0 fully saturated rings. The molecule has 128 valence electrons. The molecule has 2 rings (SSSR count). The van der Waals surface area contributed by atoms with E-state index >= 15 is 0 Å². The largest absolute Gasteiger partial charge is 0.494 e. The molecule has 2 N–H and O–H groups in total. The van der Waals surface area contributed by atoms with Crippen LogP contribution in [0.2, 0.25) is 0 Å². The average Bonchev–Trinajstić information content (AvgIpc) is 2.54. The molecule has 0 saturated heterocycles. The van der Waals surface area contributed by atoms with Crippen LogP contribution in [0.1, 0.15) is 11.6 Å². The van der Waals surface area contributed by atoms with E-state index in [2.05, 4.69) is 5.32 Å². The van der Waals surface area contributed by atoms with E-state index in [-0.39, 0.29) is 17.0 Å². The summed E-state index contributed by atoms with van der Waals surface area (Å²) in [4.78, 5) is 11.9. The van der Waals surface area contributed by atoms with Crippen LogP contribution < -0.4 is 15.4 Å². The second-order valence-electron chi connectivity index (χ2n) is 4.83. The zero-order chi connectivity index (χ0) is 17.7. The van der Waals surface area contributed by atoms with Gasteiger partial charge in [0.2, 0.25) is 0 Å². The third-order valence-corrected chi connectivity index (χ3v) is 3.15. The van der Waals surface area contributed by atoms with Crippen molar-refractivity contribution < 1.29 is 27.1 Å². The lowest BCUT2D eigenvalue weighted by Gasteiger charge is -2.22. The highest BCUT2D eigenvalue weighted by Gasteiger charge is 2.41. The van der Waals surface area contributed by atoms with Crippen molar-refractivity contribution in [1.82, 2.24) is 5.32 Å². The van der Waals surface area contributed by atoms with Crippen molar-refractivity contribution in [3.63, 3.8) is 0 Å². The highest BCUT2D eigenvalue weighted by molar-refractivity contribution is 5.91. The Labute approximate surface area is 135 Å². The Kier molecular flexibility index (Phi) is 5.28. The molecule has 0 saturated carbocycles. The minimum absolute atomic E-state index is 0.00609. The molecule has 4 nitrogen and oxygen atoms in total. The van der Waals surface area contributed by atoms with Crippen LogP contribution in [0.3, 0.4) is 0 Å². The Morgan fingerprint density at radius 2 is 1.79 bits per heavy atom. The number of hydrogen-bond donors (Lipinski definition) is 2. The van der Waals surface area contributed by atoms with Gasteiger partial charge in [-0.15, -0.1) is 0 Å². The van der Waals surface area contributed by atoms with Crippen LogP contribution in [0.25, 0.3) is 0 Å². The van der Waals surface area contributed by atoms with E-state index in [1.165, 1.54) is 37.4 Å². The average molecular weight is 342 g/mol. The summed E-state index contributed by atoms with van der Waals surface area (Å²) < 4.78 is 57.5. The topological polar surface area (TPSA) is 50.4 Å². The SMILES string of the molecule is COc1cc(F)ccc1NC(=O)NC(c1ccccc1)C(F)(F)F. The predicted octanol–water partition coefficient (Wildman–Crippen LogP) is 4.26. The number of halogens is 4. The minimum atomic E-state index is -4.68. The van der Waals surface area contributed by atoms with E-state index in [0.29, 0.717) is 0 Å². The predicted molar refractivity (Wildman–Crippen MR) is 80.3 cm³/mol. The second-order valence-corrected chi connectivity index (χ2v) is 4.83. The Bertz CT molecular complexity index is 705. The van der Waals surface area contributed by atoms with Crippen molar-refractivity contribution in [2.45, 2.75) is 12.2 Å². The van der Waals surface area contributed by atoms with E-state index in [1.54, 1.807) is 6.07 Å². The molecule has 0 aromatic heterocycles. The highest BCUT2D eigenvalue weighted by atomic mass is 19.4. The summed E-state index contributed by atoms with van der Waals surface area (Å²) in [5.74, 6) is -0.608. The van der Waals surface area contributed by atoms with Gasteiger partial charge in [0.25, 0.3) is 0 Å². The van der Waals surface area contributed by atoms with Gasteiger partial charge in [0, 0.05) is 6.07 Å². The molecule has 1 atom stereocenters. The third kappa shape index (κ3) is 4.37. The molecule has 0 radical (unpaired) electrons. The number of nitrogens with one attached hydrogen (secondary N) is 2. The van der Waals surface area contributed by atoms with Gasteiger partial charge in [-0.2, -0.15) is 13.2 Å². The number of alkyl halides is 3. The summed E-state index contributed by atoms with van der Waals surface area (Å²) >= 11 is 0. The first-order valence-corrected chi connectivity index (χ1v) is 6.84. The van der Waals surface area contributed by atoms with Crippen LogP contribution in [0, 0.1) is 5.82 Å². The molecule has 0 aliphatic carbocycles. The Morgan fingerprint density at radius 1 is 1.12 bits per heavy atom. The van der Waals surface area contributed by atoms with Crippen LogP contribution in [-0.2, 0) is 0 Å². The number of hydrogen-bond acceptors (Lipinski definition) is 2. The fourth-order valence-corrected chi connectivity index (χ4v) is 2.06. The lowest BCUT2D eigenvalue weighted by molar-refractivity contribution is -0.154. The quantitative estimate of drug-likeness (QED) is 0.816.